The first-order valence-corrected chi connectivity index (χ1v) is 9.27. The van der Waals surface area contributed by atoms with E-state index in [0.29, 0.717) is 5.69 Å². The first-order valence-electron chi connectivity index (χ1n) is 9.27. The molecule has 1 amide bonds. The zero-order valence-corrected chi connectivity index (χ0v) is 14.8. The molecule has 0 unspecified atom stereocenters. The maximum Gasteiger partial charge on any atom is 0.230 e. The predicted octanol–water partition coefficient (Wildman–Crippen LogP) is 2.06. The Morgan fingerprint density at radius 1 is 0.962 bits per heavy atom. The normalized spacial score (nSPS) is 32.3. The Morgan fingerprint density at radius 2 is 1.50 bits per heavy atom. The van der Waals surface area contributed by atoms with Crippen molar-refractivity contribution in [1.29, 1.82) is 0 Å². The van der Waals surface area contributed by atoms with Crippen LogP contribution in [0.2, 0.25) is 0 Å². The summed E-state index contributed by atoms with van der Waals surface area (Å²) in [4.78, 5) is 20.8. The molecule has 4 bridgehead atoms. The fourth-order valence-corrected chi connectivity index (χ4v) is 5.56. The second kappa shape index (κ2) is 6.30. The molecule has 7 nitrogen and oxygen atoms in total. The number of nitrogens with zero attached hydrogens (tertiary/aromatic N) is 2. The summed E-state index contributed by atoms with van der Waals surface area (Å²) >= 11 is 0. The summed E-state index contributed by atoms with van der Waals surface area (Å²) in [6.45, 7) is 0. The van der Waals surface area contributed by atoms with Crippen molar-refractivity contribution in [2.24, 2.45) is 50.4 Å². The number of hydrogen-bond donors (Lipinski definition) is 4. The van der Waals surface area contributed by atoms with Crippen molar-refractivity contribution in [3.63, 3.8) is 0 Å². The van der Waals surface area contributed by atoms with Crippen molar-refractivity contribution in [3.8, 4) is 0 Å². The Labute approximate surface area is 153 Å². The molecule has 0 heterocycles. The van der Waals surface area contributed by atoms with Gasteiger partial charge in [-0.05, 0) is 80.5 Å². The molecular weight excluding hydrogens is 328 g/mol. The minimum Gasteiger partial charge on any atom is -0.370 e. The van der Waals surface area contributed by atoms with Gasteiger partial charge < -0.3 is 22.5 Å². The van der Waals surface area contributed by atoms with E-state index in [1.165, 1.54) is 19.3 Å². The van der Waals surface area contributed by atoms with E-state index in [4.69, 9.17) is 17.2 Å². The molecule has 7 heteroatoms. The number of benzene rings is 1. The van der Waals surface area contributed by atoms with Gasteiger partial charge >= 0.3 is 0 Å². The van der Waals surface area contributed by atoms with E-state index >= 15 is 0 Å². The van der Waals surface area contributed by atoms with Gasteiger partial charge in [0.05, 0.1) is 11.1 Å². The summed E-state index contributed by atoms with van der Waals surface area (Å²) < 4.78 is 0. The molecule has 4 aliphatic rings. The Kier molecular flexibility index (Phi) is 4.09. The van der Waals surface area contributed by atoms with Crippen molar-refractivity contribution in [1.82, 2.24) is 0 Å². The number of rotatable bonds is 3. The molecule has 4 fully saturated rings. The van der Waals surface area contributed by atoms with Crippen LogP contribution in [0.25, 0.3) is 0 Å². The third-order valence-corrected chi connectivity index (χ3v) is 6.13. The molecule has 0 spiro atoms. The monoisotopic (exact) mass is 354 g/mol. The number of carbonyl (C=O) groups excluding carboxylic acids is 1. The van der Waals surface area contributed by atoms with Crippen molar-refractivity contribution in [2.75, 3.05) is 5.32 Å². The van der Waals surface area contributed by atoms with Gasteiger partial charge in [-0.3, -0.25) is 4.79 Å². The number of nitrogens with one attached hydrogen (secondary N) is 1. The van der Waals surface area contributed by atoms with Gasteiger partial charge in [-0.1, -0.05) is 0 Å². The smallest absolute Gasteiger partial charge is 0.230 e. The van der Waals surface area contributed by atoms with Crippen LogP contribution in [0.15, 0.2) is 34.3 Å². The van der Waals surface area contributed by atoms with Crippen LogP contribution in [-0.4, -0.2) is 17.8 Å². The van der Waals surface area contributed by atoms with Gasteiger partial charge in [-0.25, -0.2) is 4.99 Å². The Bertz CT molecular complexity index is 727. The Morgan fingerprint density at radius 3 is 2.00 bits per heavy atom. The summed E-state index contributed by atoms with van der Waals surface area (Å²) in [6.07, 6.45) is 7.16. The fraction of sp³-hybridized carbons (Fsp3) is 0.526. The van der Waals surface area contributed by atoms with Crippen molar-refractivity contribution >= 4 is 29.2 Å². The summed E-state index contributed by atoms with van der Waals surface area (Å²) in [7, 11) is 0. The molecule has 1 aromatic carbocycles. The van der Waals surface area contributed by atoms with E-state index in [2.05, 4.69) is 15.3 Å². The molecule has 4 saturated carbocycles. The highest BCUT2D eigenvalue weighted by Gasteiger charge is 2.54. The molecule has 26 heavy (non-hydrogen) atoms. The van der Waals surface area contributed by atoms with Crippen LogP contribution >= 0.6 is 0 Å². The maximum atomic E-state index is 13.0. The molecule has 138 valence electrons. The zero-order valence-electron chi connectivity index (χ0n) is 14.8. The van der Waals surface area contributed by atoms with Crippen LogP contribution in [0.4, 0.5) is 11.4 Å². The van der Waals surface area contributed by atoms with E-state index < -0.39 is 0 Å². The largest absolute Gasteiger partial charge is 0.370 e. The van der Waals surface area contributed by atoms with E-state index in [-0.39, 0.29) is 23.2 Å². The molecule has 4 aliphatic carbocycles. The summed E-state index contributed by atoms with van der Waals surface area (Å²) in [5.41, 5.74) is 17.4. The second-order valence-corrected chi connectivity index (χ2v) is 8.21. The Balaban J connectivity index is 1.45. The van der Waals surface area contributed by atoms with Crippen LogP contribution in [-0.2, 0) is 4.79 Å². The van der Waals surface area contributed by atoms with Crippen LogP contribution in [0.3, 0.4) is 0 Å². The quantitative estimate of drug-likeness (QED) is 0.488. The van der Waals surface area contributed by atoms with Crippen molar-refractivity contribution in [3.05, 3.63) is 24.3 Å². The van der Waals surface area contributed by atoms with Crippen LogP contribution in [0.1, 0.15) is 38.5 Å². The number of aliphatic imine (C=N–C) groups is 2. The molecule has 0 radical (unpaired) electrons. The van der Waals surface area contributed by atoms with Gasteiger partial charge in [0, 0.05) is 5.69 Å². The first-order chi connectivity index (χ1) is 12.4. The van der Waals surface area contributed by atoms with E-state index in [1.807, 2.05) is 12.1 Å². The minimum atomic E-state index is -0.149. The summed E-state index contributed by atoms with van der Waals surface area (Å²) in [6, 6.07) is 7.23. The molecule has 0 aromatic heterocycles. The average molecular weight is 354 g/mol. The predicted molar refractivity (Wildman–Crippen MR) is 103 cm³/mol. The van der Waals surface area contributed by atoms with Crippen LogP contribution in [0, 0.1) is 23.2 Å². The van der Waals surface area contributed by atoms with Crippen molar-refractivity contribution < 1.29 is 4.79 Å². The fourth-order valence-electron chi connectivity index (χ4n) is 5.56. The van der Waals surface area contributed by atoms with Gasteiger partial charge in [-0.2, -0.15) is 4.99 Å². The van der Waals surface area contributed by atoms with Gasteiger partial charge in [0.1, 0.15) is 0 Å². The third kappa shape index (κ3) is 3.25. The van der Waals surface area contributed by atoms with Gasteiger partial charge in [0.2, 0.25) is 11.9 Å². The molecule has 0 saturated heterocycles. The third-order valence-electron chi connectivity index (χ3n) is 6.13. The molecule has 7 N–H and O–H groups in total. The summed E-state index contributed by atoms with van der Waals surface area (Å²) in [5, 5.41) is 3.13. The molecular formula is C19H26N6O. The second-order valence-electron chi connectivity index (χ2n) is 8.21. The summed E-state index contributed by atoms with van der Waals surface area (Å²) in [5.74, 6) is 2.31. The van der Waals surface area contributed by atoms with Crippen molar-refractivity contribution in [2.45, 2.75) is 38.5 Å². The lowest BCUT2D eigenvalue weighted by molar-refractivity contribution is -0.140. The topological polar surface area (TPSA) is 132 Å². The first kappa shape index (κ1) is 16.9. The zero-order chi connectivity index (χ0) is 18.3. The lowest BCUT2D eigenvalue weighted by Gasteiger charge is -2.55. The maximum absolute atomic E-state index is 13.0. The molecule has 0 atom stereocenters. The lowest BCUT2D eigenvalue weighted by atomic mass is 9.49. The van der Waals surface area contributed by atoms with E-state index in [1.54, 1.807) is 12.1 Å². The van der Waals surface area contributed by atoms with E-state index in [9.17, 15) is 4.79 Å². The number of nitrogens with two attached hydrogens (primary N) is 3. The number of hydrogen-bond acceptors (Lipinski definition) is 2. The molecule has 0 aliphatic heterocycles. The van der Waals surface area contributed by atoms with Gasteiger partial charge in [-0.15, -0.1) is 0 Å². The number of amides is 1. The van der Waals surface area contributed by atoms with Crippen LogP contribution < -0.4 is 22.5 Å². The standard InChI is InChI=1S/C19H26N6O/c20-17(21)25-18(22)24-15-3-1-14(2-4-15)23-16(26)19-8-11-5-12(9-19)7-13(6-11)10-19/h1-4,11-13H,5-10H2,(H,23,26)(H6,20,21,22,24,25). The highest BCUT2D eigenvalue weighted by molar-refractivity contribution is 5.96. The SMILES string of the molecule is NC(N)=NC(N)=Nc1ccc(NC(=O)C23CC4CC(CC(C4)C2)C3)cc1. The Hall–Kier alpha value is -2.57. The minimum absolute atomic E-state index is 0.00430. The van der Waals surface area contributed by atoms with Gasteiger partial charge in [0.25, 0.3) is 0 Å². The van der Waals surface area contributed by atoms with E-state index in [0.717, 1.165) is 42.7 Å². The van der Waals surface area contributed by atoms with Crippen LogP contribution in [0.5, 0.6) is 0 Å². The molecule has 1 aromatic rings. The number of guanidine groups is 2. The lowest BCUT2D eigenvalue weighted by Crippen LogP contribution is -2.51. The van der Waals surface area contributed by atoms with Gasteiger partial charge in [0.15, 0.2) is 5.96 Å². The number of carbonyl (C=O) groups is 1. The average Bonchev–Trinajstić information content (AvgIpc) is 2.54. The number of anilines is 1. The molecule has 5 rings (SSSR count). The highest BCUT2D eigenvalue weighted by atomic mass is 16.2. The highest BCUT2D eigenvalue weighted by Crippen LogP contribution is 2.60.